The maximum absolute atomic E-state index is 12.6. The van der Waals surface area contributed by atoms with Gasteiger partial charge in [-0.2, -0.15) is 0 Å². The van der Waals surface area contributed by atoms with E-state index in [-0.39, 0.29) is 33.0 Å². The Hall–Kier alpha value is -4.68. The minimum atomic E-state index is -3.75. The van der Waals surface area contributed by atoms with Crippen molar-refractivity contribution in [1.82, 2.24) is 9.80 Å². The maximum Gasteiger partial charge on any atom is 0.261 e. The number of rotatable bonds is 12. The van der Waals surface area contributed by atoms with Crippen molar-refractivity contribution in [2.45, 2.75) is 51.3 Å². The van der Waals surface area contributed by atoms with Crippen molar-refractivity contribution in [2.24, 2.45) is 0 Å². The van der Waals surface area contributed by atoms with E-state index in [1.165, 1.54) is 0 Å². The van der Waals surface area contributed by atoms with Crippen LogP contribution in [0, 0.1) is 13.8 Å². The molecule has 0 fully saturated rings. The standard InChI is InChI=1S/2C18H22N2O3S/c2*1-4-20(5-2)18(21)16-8-6-7-9-17(16)19-24(22,23)15-12-10-14(3)11-13-15/h2*6-13,19H,4-5H2,1-3H3. The third-order valence-corrected chi connectivity index (χ3v) is 10.3. The van der Waals surface area contributed by atoms with Crippen LogP contribution in [0.3, 0.4) is 0 Å². The number of carbonyl (C=O) groups is 2. The van der Waals surface area contributed by atoms with Gasteiger partial charge in [0.05, 0.1) is 32.3 Å². The second-order valence-corrected chi connectivity index (χ2v) is 14.2. The lowest BCUT2D eigenvalue weighted by molar-refractivity contribution is 0.0766. The number of amides is 2. The van der Waals surface area contributed by atoms with E-state index in [9.17, 15) is 26.4 Å². The van der Waals surface area contributed by atoms with Crippen LogP contribution < -0.4 is 9.44 Å². The molecule has 0 aliphatic heterocycles. The first-order valence-corrected chi connectivity index (χ1v) is 18.7. The predicted octanol–water partition coefficient (Wildman–Crippen LogP) is 6.56. The van der Waals surface area contributed by atoms with E-state index >= 15 is 0 Å². The molecule has 0 aromatic heterocycles. The van der Waals surface area contributed by atoms with Crippen molar-refractivity contribution >= 4 is 43.2 Å². The Bertz CT molecular complexity index is 1760. The molecule has 2 amide bonds. The molecule has 0 saturated carbocycles. The summed E-state index contributed by atoms with van der Waals surface area (Å²) < 4.78 is 55.3. The molecule has 4 aromatic rings. The van der Waals surface area contributed by atoms with Crippen molar-refractivity contribution < 1.29 is 26.4 Å². The van der Waals surface area contributed by atoms with Crippen molar-refractivity contribution in [3.05, 3.63) is 119 Å². The first-order valence-electron chi connectivity index (χ1n) is 15.7. The van der Waals surface area contributed by atoms with Gasteiger partial charge in [-0.25, -0.2) is 16.8 Å². The Morgan fingerprint density at radius 1 is 0.500 bits per heavy atom. The lowest BCUT2D eigenvalue weighted by Gasteiger charge is -2.20. The van der Waals surface area contributed by atoms with E-state index in [1.54, 1.807) is 107 Å². The van der Waals surface area contributed by atoms with Crippen LogP contribution in [0.2, 0.25) is 0 Å². The zero-order valence-corrected chi connectivity index (χ0v) is 29.9. The highest BCUT2D eigenvalue weighted by Gasteiger charge is 2.22. The highest BCUT2D eigenvalue weighted by molar-refractivity contribution is 7.93. The van der Waals surface area contributed by atoms with Crippen LogP contribution in [0.25, 0.3) is 0 Å². The molecular weight excluding hydrogens is 649 g/mol. The zero-order chi connectivity index (χ0) is 35.5. The molecule has 48 heavy (non-hydrogen) atoms. The molecule has 4 rings (SSSR count). The number of hydrogen-bond donors (Lipinski definition) is 2. The first-order chi connectivity index (χ1) is 22.8. The summed E-state index contributed by atoms with van der Waals surface area (Å²) in [6.07, 6.45) is 0. The molecule has 0 heterocycles. The fourth-order valence-electron chi connectivity index (χ4n) is 4.72. The molecule has 0 saturated heterocycles. The predicted molar refractivity (Wildman–Crippen MR) is 191 cm³/mol. The normalized spacial score (nSPS) is 11.1. The Balaban J connectivity index is 0.000000260. The van der Waals surface area contributed by atoms with Crippen molar-refractivity contribution in [2.75, 3.05) is 35.6 Å². The van der Waals surface area contributed by atoms with Gasteiger partial charge in [-0.3, -0.25) is 19.0 Å². The lowest BCUT2D eigenvalue weighted by Crippen LogP contribution is -2.31. The SMILES string of the molecule is CCN(CC)C(=O)c1ccccc1NS(=O)(=O)c1ccc(C)cc1.CCN(CC)C(=O)c1ccccc1NS(=O)(=O)c1ccc(C)cc1. The van der Waals surface area contributed by atoms with Gasteiger partial charge < -0.3 is 9.80 Å². The molecule has 0 aliphatic carbocycles. The van der Waals surface area contributed by atoms with Crippen LogP contribution in [0.15, 0.2) is 107 Å². The van der Waals surface area contributed by atoms with Gasteiger partial charge in [0, 0.05) is 26.2 Å². The molecular formula is C36H44N4O6S2. The molecule has 10 nitrogen and oxygen atoms in total. The number of sulfonamides is 2. The number of benzene rings is 4. The average Bonchev–Trinajstić information content (AvgIpc) is 3.06. The highest BCUT2D eigenvalue weighted by atomic mass is 32.2. The first kappa shape index (κ1) is 37.8. The quantitative estimate of drug-likeness (QED) is 0.173. The van der Waals surface area contributed by atoms with Gasteiger partial charge in [-0.15, -0.1) is 0 Å². The molecule has 0 unspecified atom stereocenters. The summed E-state index contributed by atoms with van der Waals surface area (Å²) in [4.78, 5) is 28.8. The van der Waals surface area contributed by atoms with Gasteiger partial charge in [0.15, 0.2) is 0 Å². The summed E-state index contributed by atoms with van der Waals surface area (Å²) in [6, 6.07) is 26.5. The minimum absolute atomic E-state index is 0.165. The van der Waals surface area contributed by atoms with Gasteiger partial charge in [0.1, 0.15) is 0 Å². The highest BCUT2D eigenvalue weighted by Crippen LogP contribution is 2.23. The molecule has 0 radical (unpaired) electrons. The van der Waals surface area contributed by atoms with Gasteiger partial charge in [-0.1, -0.05) is 59.7 Å². The Morgan fingerprint density at radius 3 is 1.08 bits per heavy atom. The topological polar surface area (TPSA) is 133 Å². The number of nitrogens with zero attached hydrogens (tertiary/aromatic N) is 2. The van der Waals surface area contributed by atoms with Crippen LogP contribution in [-0.4, -0.2) is 64.6 Å². The van der Waals surface area contributed by atoms with E-state index in [2.05, 4.69) is 9.44 Å². The number of nitrogens with one attached hydrogen (secondary N) is 2. The van der Waals surface area contributed by atoms with Crippen LogP contribution in [-0.2, 0) is 20.0 Å². The summed E-state index contributed by atoms with van der Waals surface area (Å²) in [7, 11) is -7.49. The van der Waals surface area contributed by atoms with Gasteiger partial charge in [0.25, 0.3) is 31.9 Å². The second kappa shape index (κ2) is 16.9. The zero-order valence-electron chi connectivity index (χ0n) is 28.2. The van der Waals surface area contributed by atoms with Crippen LogP contribution in [0.5, 0.6) is 0 Å². The minimum Gasteiger partial charge on any atom is -0.339 e. The monoisotopic (exact) mass is 692 g/mol. The van der Waals surface area contributed by atoms with Crippen molar-refractivity contribution in [3.63, 3.8) is 0 Å². The molecule has 2 N–H and O–H groups in total. The fourth-order valence-corrected chi connectivity index (χ4v) is 6.88. The molecule has 0 atom stereocenters. The number of carbonyl (C=O) groups excluding carboxylic acids is 2. The van der Waals surface area contributed by atoms with E-state index in [0.717, 1.165) is 11.1 Å². The summed E-state index contributed by atoms with van der Waals surface area (Å²) in [5.74, 6) is -0.385. The molecule has 4 aromatic carbocycles. The second-order valence-electron chi connectivity index (χ2n) is 10.9. The fraction of sp³-hybridized carbons (Fsp3) is 0.278. The Kier molecular flexibility index (Phi) is 13.3. The van der Waals surface area contributed by atoms with E-state index < -0.39 is 20.0 Å². The third-order valence-electron chi connectivity index (χ3n) is 7.57. The third kappa shape index (κ3) is 9.68. The average molecular weight is 693 g/mol. The summed E-state index contributed by atoms with van der Waals surface area (Å²) in [5, 5.41) is 0. The van der Waals surface area contributed by atoms with Crippen molar-refractivity contribution in [3.8, 4) is 0 Å². The molecule has 256 valence electrons. The summed E-state index contributed by atoms with van der Waals surface area (Å²) in [6.45, 7) is 13.6. The van der Waals surface area contributed by atoms with Gasteiger partial charge in [-0.05, 0) is 90.1 Å². The Morgan fingerprint density at radius 2 is 0.792 bits per heavy atom. The van der Waals surface area contributed by atoms with Crippen LogP contribution >= 0.6 is 0 Å². The van der Waals surface area contributed by atoms with E-state index in [0.29, 0.717) is 37.3 Å². The van der Waals surface area contributed by atoms with E-state index in [1.807, 2.05) is 41.5 Å². The summed E-state index contributed by atoms with van der Waals surface area (Å²) >= 11 is 0. The smallest absolute Gasteiger partial charge is 0.261 e. The Labute approximate surface area is 284 Å². The van der Waals surface area contributed by atoms with Crippen LogP contribution in [0.4, 0.5) is 11.4 Å². The maximum atomic E-state index is 12.6. The number of anilines is 2. The van der Waals surface area contributed by atoms with Gasteiger partial charge >= 0.3 is 0 Å². The number of hydrogen-bond acceptors (Lipinski definition) is 6. The summed E-state index contributed by atoms with van der Waals surface area (Å²) in [5.41, 5.74) is 3.22. The lowest BCUT2D eigenvalue weighted by atomic mass is 10.1. The largest absolute Gasteiger partial charge is 0.339 e. The molecule has 0 bridgehead atoms. The molecule has 0 aliphatic rings. The van der Waals surface area contributed by atoms with E-state index in [4.69, 9.17) is 0 Å². The number of aryl methyl sites for hydroxylation is 2. The van der Waals surface area contributed by atoms with Crippen LogP contribution in [0.1, 0.15) is 59.5 Å². The van der Waals surface area contributed by atoms with Crippen molar-refractivity contribution in [1.29, 1.82) is 0 Å². The van der Waals surface area contributed by atoms with Gasteiger partial charge in [0.2, 0.25) is 0 Å². The molecule has 0 spiro atoms. The number of para-hydroxylation sites is 2. The molecule has 12 heteroatoms.